The van der Waals surface area contributed by atoms with E-state index in [0.717, 1.165) is 17.1 Å². The van der Waals surface area contributed by atoms with Gasteiger partial charge in [0, 0.05) is 0 Å². The molecule has 0 aromatic heterocycles. The fraction of sp³-hybridized carbons (Fsp3) is 0.450. The molecule has 1 aromatic carbocycles. The van der Waals surface area contributed by atoms with Crippen LogP contribution in [0.4, 0.5) is 5.69 Å². The molecule has 0 amide bonds. The van der Waals surface area contributed by atoms with Crippen molar-refractivity contribution in [1.82, 2.24) is 0 Å². The van der Waals surface area contributed by atoms with Gasteiger partial charge in [-0.1, -0.05) is 25.5 Å². The molecular formula is C20H28N2O. The first kappa shape index (κ1) is 17.3. The third-order valence-corrected chi connectivity index (χ3v) is 4.49. The lowest BCUT2D eigenvalue weighted by molar-refractivity contribution is 0.377. The van der Waals surface area contributed by atoms with Crippen LogP contribution in [-0.2, 0) is 0 Å². The summed E-state index contributed by atoms with van der Waals surface area (Å²) in [5.41, 5.74) is 8.23. The Balaban J connectivity index is 2.03. The van der Waals surface area contributed by atoms with Gasteiger partial charge in [0.25, 0.3) is 0 Å². The van der Waals surface area contributed by atoms with Crippen LogP contribution < -0.4 is 10.2 Å². The fourth-order valence-corrected chi connectivity index (χ4v) is 3.07. The predicted octanol–water partition coefficient (Wildman–Crippen LogP) is 5.57. The molecule has 1 aromatic rings. The Morgan fingerprint density at radius 1 is 1.26 bits per heavy atom. The second-order valence-electron chi connectivity index (χ2n) is 6.86. The Hall–Kier alpha value is -2.03. The number of methoxy groups -OCH3 is 1. The summed E-state index contributed by atoms with van der Waals surface area (Å²) < 4.78 is 5.15. The number of nitrogens with zero attached hydrogens (tertiary/aromatic N) is 1. The third kappa shape index (κ3) is 4.72. The number of allylic oxidation sites excluding steroid dienone is 4. The number of ether oxygens (including phenoxy) is 1. The number of benzene rings is 1. The van der Waals surface area contributed by atoms with Gasteiger partial charge in [0.2, 0.25) is 0 Å². The number of hydrazone groups is 1. The fourth-order valence-electron chi connectivity index (χ4n) is 3.07. The summed E-state index contributed by atoms with van der Waals surface area (Å²) in [5, 5.41) is 4.42. The molecule has 2 rings (SSSR count). The van der Waals surface area contributed by atoms with E-state index in [1.165, 1.54) is 30.4 Å². The summed E-state index contributed by atoms with van der Waals surface area (Å²) in [7, 11) is 1.67. The van der Waals surface area contributed by atoms with E-state index in [0.29, 0.717) is 0 Å². The molecule has 1 aliphatic carbocycles. The van der Waals surface area contributed by atoms with Crippen molar-refractivity contribution >= 4 is 11.4 Å². The Bertz CT molecular complexity index is 622. The summed E-state index contributed by atoms with van der Waals surface area (Å²) in [6.45, 7) is 8.93. The quantitative estimate of drug-likeness (QED) is 0.570. The van der Waals surface area contributed by atoms with Crippen LogP contribution >= 0.6 is 0 Å². The average molecular weight is 312 g/mol. The van der Waals surface area contributed by atoms with E-state index in [1.54, 1.807) is 7.11 Å². The van der Waals surface area contributed by atoms with E-state index in [4.69, 9.17) is 4.74 Å². The van der Waals surface area contributed by atoms with Gasteiger partial charge >= 0.3 is 0 Å². The third-order valence-electron chi connectivity index (χ3n) is 4.49. The van der Waals surface area contributed by atoms with Gasteiger partial charge in [-0.15, -0.1) is 0 Å². The zero-order valence-electron chi connectivity index (χ0n) is 14.9. The molecule has 0 heterocycles. The molecule has 0 saturated heterocycles. The molecule has 0 bridgehead atoms. The lowest BCUT2D eigenvalue weighted by atomic mass is 9.72. The molecule has 23 heavy (non-hydrogen) atoms. The SMILES string of the molecule is COc1ccc(N/N=C(C)/C=C/C2=C(C)CCCC2(C)C)cc1. The van der Waals surface area contributed by atoms with Crippen molar-refractivity contribution in [2.24, 2.45) is 10.5 Å². The molecule has 124 valence electrons. The predicted molar refractivity (Wildman–Crippen MR) is 99.2 cm³/mol. The number of anilines is 1. The van der Waals surface area contributed by atoms with Gasteiger partial charge in [0.05, 0.1) is 18.5 Å². The molecule has 0 spiro atoms. The maximum atomic E-state index is 5.15. The van der Waals surface area contributed by atoms with Crippen molar-refractivity contribution in [3.8, 4) is 5.75 Å². The summed E-state index contributed by atoms with van der Waals surface area (Å²) in [6.07, 6.45) is 8.10. The topological polar surface area (TPSA) is 33.6 Å². The van der Waals surface area contributed by atoms with Crippen molar-refractivity contribution in [2.45, 2.75) is 47.0 Å². The molecule has 1 N–H and O–H groups in total. The molecule has 0 saturated carbocycles. The highest BCUT2D eigenvalue weighted by Gasteiger charge is 2.26. The van der Waals surface area contributed by atoms with E-state index < -0.39 is 0 Å². The largest absolute Gasteiger partial charge is 0.497 e. The molecule has 1 aliphatic rings. The summed E-state index contributed by atoms with van der Waals surface area (Å²) >= 11 is 0. The maximum absolute atomic E-state index is 5.15. The highest BCUT2D eigenvalue weighted by Crippen LogP contribution is 2.40. The Labute approximate surface area is 140 Å². The van der Waals surface area contributed by atoms with E-state index in [1.807, 2.05) is 31.2 Å². The van der Waals surface area contributed by atoms with Crippen LogP contribution in [0.1, 0.15) is 47.0 Å². The van der Waals surface area contributed by atoms with Crippen molar-refractivity contribution in [3.05, 3.63) is 47.6 Å². The van der Waals surface area contributed by atoms with E-state index in [9.17, 15) is 0 Å². The van der Waals surface area contributed by atoms with Gasteiger partial charge in [0.15, 0.2) is 0 Å². The first-order valence-electron chi connectivity index (χ1n) is 8.25. The van der Waals surface area contributed by atoms with Crippen molar-refractivity contribution in [1.29, 1.82) is 0 Å². The standard InChI is InChI=1S/C20H28N2O/c1-15-7-6-14-20(3,4)19(15)13-8-16(2)21-22-17-9-11-18(23-5)12-10-17/h8-13,22H,6-7,14H2,1-5H3/b13-8+,21-16+. The normalized spacial score (nSPS) is 18.4. The first-order valence-corrected chi connectivity index (χ1v) is 8.25. The average Bonchev–Trinajstić information content (AvgIpc) is 2.52. The zero-order chi connectivity index (χ0) is 16.9. The van der Waals surface area contributed by atoms with Crippen molar-refractivity contribution < 1.29 is 4.74 Å². The molecular weight excluding hydrogens is 284 g/mol. The number of nitrogens with one attached hydrogen (secondary N) is 1. The monoisotopic (exact) mass is 312 g/mol. The van der Waals surface area contributed by atoms with Crippen molar-refractivity contribution in [2.75, 3.05) is 12.5 Å². The van der Waals surface area contributed by atoms with Crippen LogP contribution in [0.15, 0.2) is 52.7 Å². The number of hydrogen-bond donors (Lipinski definition) is 1. The smallest absolute Gasteiger partial charge is 0.119 e. The maximum Gasteiger partial charge on any atom is 0.119 e. The lowest BCUT2D eigenvalue weighted by Crippen LogP contribution is -2.19. The molecule has 3 nitrogen and oxygen atoms in total. The van der Waals surface area contributed by atoms with E-state index in [2.05, 4.69) is 43.5 Å². The minimum atomic E-state index is 0.266. The Morgan fingerprint density at radius 2 is 1.96 bits per heavy atom. The number of rotatable bonds is 5. The van der Waals surface area contributed by atoms with Crippen LogP contribution in [-0.4, -0.2) is 12.8 Å². The van der Waals surface area contributed by atoms with Crippen LogP contribution in [0.3, 0.4) is 0 Å². The van der Waals surface area contributed by atoms with Crippen LogP contribution in [0.2, 0.25) is 0 Å². The van der Waals surface area contributed by atoms with Gasteiger partial charge in [-0.3, -0.25) is 5.43 Å². The lowest BCUT2D eigenvalue weighted by Gasteiger charge is -2.32. The molecule has 0 atom stereocenters. The van der Waals surface area contributed by atoms with Gasteiger partial charge in [-0.25, -0.2) is 0 Å². The molecule has 0 radical (unpaired) electrons. The molecule has 0 fully saturated rings. The van der Waals surface area contributed by atoms with E-state index >= 15 is 0 Å². The molecule has 0 aliphatic heterocycles. The minimum absolute atomic E-state index is 0.266. The van der Waals surface area contributed by atoms with E-state index in [-0.39, 0.29) is 5.41 Å². The summed E-state index contributed by atoms with van der Waals surface area (Å²) in [5.74, 6) is 0.845. The second-order valence-corrected chi connectivity index (χ2v) is 6.86. The highest BCUT2D eigenvalue weighted by molar-refractivity contribution is 5.93. The zero-order valence-corrected chi connectivity index (χ0v) is 14.9. The van der Waals surface area contributed by atoms with Gasteiger partial charge in [-0.2, -0.15) is 5.10 Å². The minimum Gasteiger partial charge on any atom is -0.497 e. The highest BCUT2D eigenvalue weighted by atomic mass is 16.5. The summed E-state index contributed by atoms with van der Waals surface area (Å²) in [6, 6.07) is 7.75. The second kappa shape index (κ2) is 7.49. The Kier molecular flexibility index (Phi) is 5.64. The van der Waals surface area contributed by atoms with Crippen LogP contribution in [0, 0.1) is 5.41 Å². The molecule has 3 heteroatoms. The van der Waals surface area contributed by atoms with Gasteiger partial charge in [-0.05, 0) is 74.4 Å². The number of hydrogen-bond acceptors (Lipinski definition) is 3. The van der Waals surface area contributed by atoms with Crippen LogP contribution in [0.25, 0.3) is 0 Å². The Morgan fingerprint density at radius 3 is 2.57 bits per heavy atom. The van der Waals surface area contributed by atoms with Crippen molar-refractivity contribution in [3.63, 3.8) is 0 Å². The van der Waals surface area contributed by atoms with Gasteiger partial charge in [0.1, 0.15) is 5.75 Å². The first-order chi connectivity index (χ1) is 10.9. The summed E-state index contributed by atoms with van der Waals surface area (Å²) in [4.78, 5) is 0. The van der Waals surface area contributed by atoms with Gasteiger partial charge < -0.3 is 4.74 Å². The van der Waals surface area contributed by atoms with Crippen LogP contribution in [0.5, 0.6) is 5.75 Å². The molecule has 0 unspecified atom stereocenters.